The molecule has 25 heavy (non-hydrogen) atoms. The highest BCUT2D eigenvalue weighted by molar-refractivity contribution is 6.52. The third kappa shape index (κ3) is 5.73. The fourth-order valence-corrected chi connectivity index (χ4v) is 3.90. The molecular weight excluding hydrogens is 367 g/mol. The Hall–Kier alpha value is -1.04. The summed E-state index contributed by atoms with van der Waals surface area (Å²) in [6, 6.07) is 0. The van der Waals surface area contributed by atoms with E-state index in [1.165, 1.54) is 7.11 Å². The molecule has 0 aliphatic heterocycles. The summed E-state index contributed by atoms with van der Waals surface area (Å²) in [4.78, 5) is 23.0. The molecule has 0 saturated heterocycles. The van der Waals surface area contributed by atoms with Gasteiger partial charge in [-0.3, -0.25) is 9.59 Å². The van der Waals surface area contributed by atoms with Crippen LogP contribution in [-0.4, -0.2) is 42.2 Å². The molecule has 0 spiro atoms. The molecule has 0 radical (unpaired) electrons. The molecule has 1 aliphatic carbocycles. The van der Waals surface area contributed by atoms with Gasteiger partial charge in [-0.25, -0.2) is 0 Å². The molecule has 0 amide bonds. The van der Waals surface area contributed by atoms with Crippen molar-refractivity contribution in [1.29, 1.82) is 0 Å². The third-order valence-electron chi connectivity index (χ3n) is 4.36. The Kier molecular flexibility index (Phi) is 8.97. The van der Waals surface area contributed by atoms with Crippen LogP contribution in [0.15, 0.2) is 25.3 Å². The summed E-state index contributed by atoms with van der Waals surface area (Å²) in [5.41, 5.74) is -0.803. The van der Waals surface area contributed by atoms with Crippen LogP contribution in [0.2, 0.25) is 0 Å². The zero-order valence-electron chi connectivity index (χ0n) is 14.6. The van der Waals surface area contributed by atoms with Crippen LogP contribution in [0.5, 0.6) is 0 Å². The Morgan fingerprint density at radius 1 is 1.04 bits per heavy atom. The van der Waals surface area contributed by atoms with E-state index in [0.717, 1.165) is 0 Å². The van der Waals surface area contributed by atoms with Crippen molar-refractivity contribution in [3.8, 4) is 0 Å². The summed E-state index contributed by atoms with van der Waals surface area (Å²) < 4.78 is 14.8. The molecule has 0 aromatic heterocycles. The first kappa shape index (κ1) is 22.0. The van der Waals surface area contributed by atoms with E-state index in [1.807, 2.05) is 0 Å². The summed E-state index contributed by atoms with van der Waals surface area (Å²) in [6.45, 7) is 7.50. The van der Waals surface area contributed by atoms with Gasteiger partial charge in [0, 0.05) is 32.3 Å². The zero-order valence-corrected chi connectivity index (χ0v) is 16.1. The molecule has 0 N–H and O–H groups in total. The Morgan fingerprint density at radius 3 is 2.04 bits per heavy atom. The minimum absolute atomic E-state index is 0.167. The number of halogens is 2. The first-order valence-corrected chi connectivity index (χ1v) is 9.07. The molecule has 1 fully saturated rings. The fraction of sp³-hybridized carbons (Fsp3) is 0.667. The maximum absolute atomic E-state index is 11.5. The molecule has 1 saturated carbocycles. The minimum Gasteiger partial charge on any atom is -0.466 e. The van der Waals surface area contributed by atoms with Crippen LogP contribution >= 0.6 is 23.2 Å². The van der Waals surface area contributed by atoms with Crippen molar-refractivity contribution < 1.29 is 23.8 Å². The second-order valence-electron chi connectivity index (χ2n) is 5.90. The summed E-state index contributed by atoms with van der Waals surface area (Å²) in [5, 5.41) is 0. The first-order valence-electron chi connectivity index (χ1n) is 8.31. The van der Waals surface area contributed by atoms with Gasteiger partial charge in [-0.05, 0) is 19.3 Å². The predicted octanol–water partition coefficient (Wildman–Crippen LogP) is 3.97. The highest BCUT2D eigenvalue weighted by Crippen LogP contribution is 2.67. The molecule has 0 aromatic carbocycles. The molecule has 2 unspecified atom stereocenters. The number of esters is 2. The van der Waals surface area contributed by atoms with E-state index in [9.17, 15) is 9.59 Å². The predicted molar refractivity (Wildman–Crippen MR) is 97.7 cm³/mol. The second kappa shape index (κ2) is 10.2. The molecule has 1 rings (SSSR count). The van der Waals surface area contributed by atoms with Gasteiger partial charge in [0.05, 0.1) is 13.2 Å². The Bertz CT molecular complexity index is 492. The highest BCUT2D eigenvalue weighted by atomic mass is 35.5. The van der Waals surface area contributed by atoms with Gasteiger partial charge >= 0.3 is 11.9 Å². The van der Waals surface area contributed by atoms with E-state index in [-0.39, 0.29) is 31.1 Å². The summed E-state index contributed by atoms with van der Waals surface area (Å²) in [6.07, 6.45) is 5.93. The molecule has 142 valence electrons. The number of rotatable bonds is 13. The van der Waals surface area contributed by atoms with Crippen molar-refractivity contribution in [3.63, 3.8) is 0 Å². The van der Waals surface area contributed by atoms with E-state index in [1.54, 1.807) is 12.2 Å². The Labute approximate surface area is 159 Å². The molecule has 1 aliphatic rings. The summed E-state index contributed by atoms with van der Waals surface area (Å²) >= 11 is 12.7. The molecule has 7 heteroatoms. The number of ether oxygens (including phenoxy) is 3. The molecular formula is C18H26Cl2O5. The highest BCUT2D eigenvalue weighted by Gasteiger charge is 2.76. The number of methoxy groups -OCH3 is 1. The van der Waals surface area contributed by atoms with Crippen molar-refractivity contribution in [3.05, 3.63) is 25.3 Å². The third-order valence-corrected chi connectivity index (χ3v) is 5.52. The lowest BCUT2D eigenvalue weighted by molar-refractivity contribution is -0.145. The van der Waals surface area contributed by atoms with Crippen molar-refractivity contribution >= 4 is 35.1 Å². The van der Waals surface area contributed by atoms with Crippen LogP contribution in [-0.2, 0) is 23.8 Å². The normalized spacial score (nSPS) is 23.6. The van der Waals surface area contributed by atoms with Crippen LogP contribution in [0.1, 0.15) is 38.5 Å². The van der Waals surface area contributed by atoms with Gasteiger partial charge in [-0.2, -0.15) is 0 Å². The lowest BCUT2D eigenvalue weighted by atomic mass is 10.1. The molecule has 0 bridgehead atoms. The van der Waals surface area contributed by atoms with Crippen LogP contribution in [0.4, 0.5) is 0 Å². The maximum Gasteiger partial charge on any atom is 0.306 e. The van der Waals surface area contributed by atoms with Crippen LogP contribution < -0.4 is 0 Å². The van der Waals surface area contributed by atoms with E-state index in [0.29, 0.717) is 38.5 Å². The van der Waals surface area contributed by atoms with Crippen molar-refractivity contribution in [2.45, 2.75) is 48.5 Å². The summed E-state index contributed by atoms with van der Waals surface area (Å²) in [7, 11) is 1.52. The molecule has 0 heterocycles. The Morgan fingerprint density at radius 2 is 1.56 bits per heavy atom. The van der Waals surface area contributed by atoms with E-state index >= 15 is 0 Å². The molecule has 5 nitrogen and oxygen atoms in total. The van der Waals surface area contributed by atoms with Crippen LogP contribution in [0, 0.1) is 5.92 Å². The average molecular weight is 393 g/mol. The maximum atomic E-state index is 11.5. The lowest BCUT2D eigenvalue weighted by Gasteiger charge is -2.17. The minimum atomic E-state index is -1.09. The second-order valence-corrected chi connectivity index (χ2v) is 7.29. The van der Waals surface area contributed by atoms with Gasteiger partial charge < -0.3 is 14.2 Å². The Balaban J connectivity index is 2.41. The zero-order chi connectivity index (χ0) is 18.9. The van der Waals surface area contributed by atoms with Crippen LogP contribution in [0.3, 0.4) is 0 Å². The topological polar surface area (TPSA) is 61.8 Å². The largest absolute Gasteiger partial charge is 0.466 e. The fourth-order valence-electron chi connectivity index (χ4n) is 2.83. The first-order chi connectivity index (χ1) is 11.9. The van der Waals surface area contributed by atoms with Gasteiger partial charge in [-0.15, -0.1) is 13.2 Å². The number of alkyl halides is 2. The van der Waals surface area contributed by atoms with Gasteiger partial charge in [0.1, 0.15) is 5.60 Å². The van der Waals surface area contributed by atoms with Gasteiger partial charge in [0.2, 0.25) is 0 Å². The van der Waals surface area contributed by atoms with E-state index in [4.69, 9.17) is 37.4 Å². The number of hydrogen-bond acceptors (Lipinski definition) is 5. The number of carbonyl (C=O) groups excluding carboxylic acids is 2. The van der Waals surface area contributed by atoms with Crippen molar-refractivity contribution in [2.24, 2.45) is 5.92 Å². The average Bonchev–Trinajstić information content (AvgIpc) is 3.05. The monoisotopic (exact) mass is 392 g/mol. The summed E-state index contributed by atoms with van der Waals surface area (Å²) in [5.74, 6) is -0.781. The lowest BCUT2D eigenvalue weighted by Crippen LogP contribution is -2.24. The standard InChI is InChI=1S/C18H26Cl2O5/c1-4-6-8-15(21)24-12-10-14-17(23-3,18(14,19)20)11-13-25-16(22)9-7-5-2/h4-5,14H,1-2,6-13H2,3H3. The van der Waals surface area contributed by atoms with E-state index < -0.39 is 9.93 Å². The smallest absolute Gasteiger partial charge is 0.306 e. The number of carbonyl (C=O) groups is 2. The SMILES string of the molecule is C=CCCC(=O)OCCC1C(Cl)(Cl)C1(CCOC(=O)CCC=C)OC. The van der Waals surface area contributed by atoms with Crippen molar-refractivity contribution in [1.82, 2.24) is 0 Å². The number of allylic oxidation sites excluding steroid dienone is 2. The molecule has 0 aromatic rings. The quantitative estimate of drug-likeness (QED) is 0.269. The molecule has 2 atom stereocenters. The van der Waals surface area contributed by atoms with Gasteiger partial charge in [-0.1, -0.05) is 35.4 Å². The van der Waals surface area contributed by atoms with Crippen molar-refractivity contribution in [2.75, 3.05) is 20.3 Å². The van der Waals surface area contributed by atoms with Gasteiger partial charge in [0.15, 0.2) is 4.33 Å². The van der Waals surface area contributed by atoms with Crippen LogP contribution in [0.25, 0.3) is 0 Å². The number of hydrogen-bond donors (Lipinski definition) is 0. The van der Waals surface area contributed by atoms with Gasteiger partial charge in [0.25, 0.3) is 0 Å². The van der Waals surface area contributed by atoms with E-state index in [2.05, 4.69) is 13.2 Å².